The minimum atomic E-state index is -1.10. The van der Waals surface area contributed by atoms with Crippen molar-refractivity contribution in [2.45, 2.75) is 118 Å². The topological polar surface area (TPSA) is 189 Å². The van der Waals surface area contributed by atoms with E-state index in [0.29, 0.717) is 13.0 Å². The van der Waals surface area contributed by atoms with Crippen LogP contribution < -0.4 is 27.0 Å². The SMILES string of the molecule is CC(C)(C)NC(=O)OC[C@@H](NC(=O)NC(C(=O)N1C[C@@H]2C[C@@H]2C1C(=O)NC(CC1CC1)C(=O)C(N)=O)C(C)(C)C)C(C)(C)C. The van der Waals surface area contributed by atoms with Crippen molar-refractivity contribution < 1.29 is 33.5 Å². The zero-order chi connectivity index (χ0) is 33.4. The number of amides is 6. The van der Waals surface area contributed by atoms with Gasteiger partial charge >= 0.3 is 12.1 Å². The first-order valence-corrected chi connectivity index (χ1v) is 15.5. The van der Waals surface area contributed by atoms with Crippen LogP contribution in [0.1, 0.15) is 88.0 Å². The number of nitrogens with two attached hydrogens (primary N) is 1. The van der Waals surface area contributed by atoms with Crippen molar-refractivity contribution in [3.05, 3.63) is 0 Å². The predicted molar refractivity (Wildman–Crippen MR) is 163 cm³/mol. The molecule has 2 saturated carbocycles. The van der Waals surface area contributed by atoms with Gasteiger partial charge in [-0.25, -0.2) is 9.59 Å². The highest BCUT2D eigenvalue weighted by Gasteiger charge is 2.58. The van der Waals surface area contributed by atoms with Gasteiger partial charge in [0.1, 0.15) is 18.7 Å². The third kappa shape index (κ3) is 9.56. The third-order valence-electron chi connectivity index (χ3n) is 8.44. The molecule has 1 aliphatic heterocycles. The van der Waals surface area contributed by atoms with Crippen molar-refractivity contribution in [1.82, 2.24) is 26.2 Å². The number of urea groups is 1. The summed E-state index contributed by atoms with van der Waals surface area (Å²) in [5.74, 6) is -2.49. The molecule has 0 radical (unpaired) electrons. The molecule has 6 atom stereocenters. The number of hydrogen-bond acceptors (Lipinski definition) is 7. The number of nitrogens with zero attached hydrogens (tertiary/aromatic N) is 1. The Kier molecular flexibility index (Phi) is 10.3. The molecular formula is C31H52N6O7. The summed E-state index contributed by atoms with van der Waals surface area (Å²) >= 11 is 0. The molecule has 44 heavy (non-hydrogen) atoms. The summed E-state index contributed by atoms with van der Waals surface area (Å²) in [5.41, 5.74) is 3.55. The lowest BCUT2D eigenvalue weighted by molar-refractivity contribution is -0.144. The quantitative estimate of drug-likeness (QED) is 0.218. The van der Waals surface area contributed by atoms with Crippen molar-refractivity contribution >= 4 is 35.6 Å². The molecule has 0 spiro atoms. The highest BCUT2D eigenvalue weighted by Crippen LogP contribution is 2.50. The number of rotatable bonds is 11. The van der Waals surface area contributed by atoms with E-state index in [1.165, 1.54) is 4.90 Å². The van der Waals surface area contributed by atoms with E-state index in [2.05, 4.69) is 21.3 Å². The Labute approximate surface area is 260 Å². The van der Waals surface area contributed by atoms with Crippen LogP contribution >= 0.6 is 0 Å². The zero-order valence-corrected chi connectivity index (χ0v) is 27.7. The van der Waals surface area contributed by atoms with Crippen molar-refractivity contribution in [2.24, 2.45) is 34.3 Å². The van der Waals surface area contributed by atoms with Crippen LogP contribution in [0.5, 0.6) is 0 Å². The molecule has 13 nitrogen and oxygen atoms in total. The molecule has 0 aromatic rings. The number of ketones is 1. The molecule has 3 aliphatic rings. The number of alkyl carbamates (subject to hydrolysis) is 1. The average Bonchev–Trinajstić information content (AvgIpc) is 3.79. The number of carbonyl (C=O) groups is 6. The monoisotopic (exact) mass is 620 g/mol. The summed E-state index contributed by atoms with van der Waals surface area (Å²) in [6.45, 7) is 16.9. The van der Waals surface area contributed by atoms with Gasteiger partial charge < -0.3 is 36.6 Å². The smallest absolute Gasteiger partial charge is 0.407 e. The third-order valence-corrected chi connectivity index (χ3v) is 8.44. The Morgan fingerprint density at radius 2 is 1.50 bits per heavy atom. The maximum atomic E-state index is 14.0. The van der Waals surface area contributed by atoms with Gasteiger partial charge in [0.15, 0.2) is 0 Å². The van der Waals surface area contributed by atoms with Gasteiger partial charge in [0.2, 0.25) is 17.6 Å². The van der Waals surface area contributed by atoms with Crippen LogP contribution in [0.15, 0.2) is 0 Å². The van der Waals surface area contributed by atoms with Gasteiger partial charge in [0.05, 0.1) is 12.1 Å². The lowest BCUT2D eigenvalue weighted by Crippen LogP contribution is -2.62. The van der Waals surface area contributed by atoms with Crippen LogP contribution in [0.2, 0.25) is 0 Å². The van der Waals surface area contributed by atoms with Gasteiger partial charge in [-0.3, -0.25) is 19.2 Å². The fourth-order valence-electron chi connectivity index (χ4n) is 5.53. The molecule has 3 rings (SSSR count). The Morgan fingerprint density at radius 1 is 0.886 bits per heavy atom. The first-order valence-electron chi connectivity index (χ1n) is 15.5. The fourth-order valence-corrected chi connectivity index (χ4v) is 5.53. The second-order valence-electron chi connectivity index (χ2n) is 15.9. The van der Waals surface area contributed by atoms with Gasteiger partial charge in [0, 0.05) is 12.1 Å². The molecule has 248 valence electrons. The van der Waals surface area contributed by atoms with E-state index in [4.69, 9.17) is 10.5 Å². The van der Waals surface area contributed by atoms with Crippen LogP contribution in [-0.2, 0) is 23.9 Å². The van der Waals surface area contributed by atoms with E-state index in [1.807, 2.05) is 62.3 Å². The van der Waals surface area contributed by atoms with Gasteiger partial charge in [-0.05, 0) is 62.2 Å². The first kappa shape index (κ1) is 35.1. The number of Topliss-reactive ketones (excluding diaryl/α,β-unsaturated/α-hetero) is 1. The maximum absolute atomic E-state index is 14.0. The molecule has 0 bridgehead atoms. The molecule has 2 aliphatic carbocycles. The lowest BCUT2D eigenvalue weighted by atomic mass is 9.85. The highest BCUT2D eigenvalue weighted by molar-refractivity contribution is 6.37. The van der Waals surface area contributed by atoms with Crippen molar-refractivity contribution in [2.75, 3.05) is 13.2 Å². The lowest BCUT2D eigenvalue weighted by Gasteiger charge is -2.37. The molecule has 1 saturated heterocycles. The Hall–Kier alpha value is -3.38. The Balaban J connectivity index is 1.71. The molecule has 0 aromatic heterocycles. The summed E-state index contributed by atoms with van der Waals surface area (Å²) in [6.07, 6.45) is 2.36. The summed E-state index contributed by atoms with van der Waals surface area (Å²) in [7, 11) is 0. The molecule has 6 amide bonds. The van der Waals surface area contributed by atoms with Crippen LogP contribution in [-0.4, -0.2) is 83.4 Å². The minimum Gasteiger partial charge on any atom is -0.447 e. The second-order valence-corrected chi connectivity index (χ2v) is 15.9. The molecule has 3 unspecified atom stereocenters. The van der Waals surface area contributed by atoms with Gasteiger partial charge in [-0.15, -0.1) is 0 Å². The molecule has 6 N–H and O–H groups in total. The van der Waals surface area contributed by atoms with Gasteiger partial charge in [-0.1, -0.05) is 54.4 Å². The number of fused-ring (bicyclic) bond motifs is 1. The number of piperidine rings is 1. The van der Waals surface area contributed by atoms with Crippen LogP contribution in [0.25, 0.3) is 0 Å². The van der Waals surface area contributed by atoms with E-state index in [0.717, 1.165) is 19.3 Å². The van der Waals surface area contributed by atoms with Gasteiger partial charge in [-0.2, -0.15) is 0 Å². The van der Waals surface area contributed by atoms with E-state index >= 15 is 0 Å². The Morgan fingerprint density at radius 3 is 2.00 bits per heavy atom. The number of hydrogen-bond donors (Lipinski definition) is 5. The standard InChI is InChI=1S/C31H52N6O7/c1-29(2,3)20(15-44-28(43)36-31(7,8)9)34-27(42)35-23(30(4,5)6)26(41)37-14-17-13-18(17)21(37)25(40)33-19(12-16-10-11-16)22(38)24(32)39/h16-21,23H,10-15H2,1-9H3,(H2,32,39)(H,33,40)(H,36,43)(H2,34,35,42)/t17-,18-,19?,20+,21?,23?/m0/s1. The molecule has 13 heteroatoms. The molecule has 3 fully saturated rings. The van der Waals surface area contributed by atoms with Crippen LogP contribution in [0.4, 0.5) is 9.59 Å². The number of primary amides is 1. The van der Waals surface area contributed by atoms with E-state index < -0.39 is 76.2 Å². The van der Waals surface area contributed by atoms with Crippen LogP contribution in [0.3, 0.4) is 0 Å². The second kappa shape index (κ2) is 12.9. The normalized spacial score (nSPS) is 23.4. The number of ether oxygens (including phenoxy) is 1. The number of nitrogens with one attached hydrogen (secondary N) is 4. The molecule has 1 heterocycles. The summed E-state index contributed by atoms with van der Waals surface area (Å²) in [6, 6.07) is -4.02. The van der Waals surface area contributed by atoms with Crippen molar-refractivity contribution in [1.29, 1.82) is 0 Å². The highest BCUT2D eigenvalue weighted by atomic mass is 16.5. The largest absolute Gasteiger partial charge is 0.447 e. The number of likely N-dealkylation sites (tertiary alicyclic amines) is 1. The summed E-state index contributed by atoms with van der Waals surface area (Å²) in [5, 5.41) is 11.1. The van der Waals surface area contributed by atoms with Crippen molar-refractivity contribution in [3.8, 4) is 0 Å². The van der Waals surface area contributed by atoms with Crippen LogP contribution in [0, 0.1) is 28.6 Å². The number of carbonyl (C=O) groups excluding carboxylic acids is 6. The summed E-state index contributed by atoms with van der Waals surface area (Å²) < 4.78 is 5.39. The Bertz CT molecular complexity index is 1150. The fraction of sp³-hybridized carbons (Fsp3) is 0.806. The average molecular weight is 621 g/mol. The predicted octanol–water partition coefficient (Wildman–Crippen LogP) is 1.83. The van der Waals surface area contributed by atoms with Crippen molar-refractivity contribution in [3.63, 3.8) is 0 Å². The minimum absolute atomic E-state index is 0.0553. The van der Waals surface area contributed by atoms with Gasteiger partial charge in [0.25, 0.3) is 5.91 Å². The van der Waals surface area contributed by atoms with E-state index in [9.17, 15) is 28.8 Å². The maximum Gasteiger partial charge on any atom is 0.407 e. The summed E-state index contributed by atoms with van der Waals surface area (Å²) in [4.78, 5) is 78.8. The van der Waals surface area contributed by atoms with E-state index in [1.54, 1.807) is 0 Å². The van der Waals surface area contributed by atoms with E-state index in [-0.39, 0.29) is 24.4 Å². The first-order chi connectivity index (χ1) is 20.1. The zero-order valence-electron chi connectivity index (χ0n) is 27.7. The molecule has 0 aromatic carbocycles. The molecular weight excluding hydrogens is 568 g/mol.